The predicted octanol–water partition coefficient (Wildman–Crippen LogP) is 4.88. The highest BCUT2D eigenvalue weighted by atomic mass is 16.6. The number of nitrogens with one attached hydrogen (secondary N) is 2. The number of esters is 3. The number of benzene rings is 1. The lowest BCUT2D eigenvalue weighted by Gasteiger charge is -2.34. The number of rotatable bonds is 30. The highest BCUT2D eigenvalue weighted by Crippen LogP contribution is 2.14. The first-order valence-electron chi connectivity index (χ1n) is 19.6. The summed E-state index contributed by atoms with van der Waals surface area (Å²) in [7, 11) is 0. The molecule has 2 N–H and O–H groups in total. The maximum absolute atomic E-state index is 12.3. The summed E-state index contributed by atoms with van der Waals surface area (Å²) in [5.74, 6) is -1.18. The minimum absolute atomic E-state index is 0.0363. The van der Waals surface area contributed by atoms with Crippen LogP contribution in [0.3, 0.4) is 0 Å². The van der Waals surface area contributed by atoms with Crippen LogP contribution in [0.5, 0.6) is 0 Å². The Kier molecular flexibility index (Phi) is 25.5. The van der Waals surface area contributed by atoms with Gasteiger partial charge in [0.1, 0.15) is 23.4 Å². The van der Waals surface area contributed by atoms with Gasteiger partial charge in [0.25, 0.3) is 0 Å². The molecular weight excluding hydrogens is 744 g/mol. The summed E-state index contributed by atoms with van der Waals surface area (Å²) in [4.78, 5) is 48.7. The van der Waals surface area contributed by atoms with Crippen LogP contribution in [-0.2, 0) is 68.4 Å². The van der Waals surface area contributed by atoms with Gasteiger partial charge in [0.2, 0.25) is 0 Å². The zero-order chi connectivity index (χ0) is 42.6. The van der Waals surface area contributed by atoms with Crippen molar-refractivity contribution in [2.24, 2.45) is 0 Å². The number of amides is 1. The second-order valence-electron chi connectivity index (χ2n) is 16.2. The monoisotopic (exact) mass is 814 g/mol. The lowest BCUT2D eigenvalue weighted by molar-refractivity contribution is -0.157. The molecule has 1 aromatic rings. The van der Waals surface area contributed by atoms with Crippen molar-refractivity contribution in [1.29, 1.82) is 0 Å². The van der Waals surface area contributed by atoms with E-state index in [-0.39, 0.29) is 72.2 Å². The Balaban J connectivity index is 2.60. The van der Waals surface area contributed by atoms with Crippen LogP contribution in [0, 0.1) is 0 Å². The number of hydrogen-bond acceptors (Lipinski definition) is 15. The fourth-order valence-corrected chi connectivity index (χ4v) is 4.59. The molecule has 0 atom stereocenters. The van der Waals surface area contributed by atoms with Crippen molar-refractivity contribution in [3.8, 4) is 0 Å². The van der Waals surface area contributed by atoms with Gasteiger partial charge < -0.3 is 52.7 Å². The highest BCUT2D eigenvalue weighted by molar-refractivity contribution is 5.70. The van der Waals surface area contributed by atoms with Gasteiger partial charge in [-0.1, -0.05) is 30.3 Å². The standard InChI is InChI=1S/C41H70N2O14/c1-38(2,3)55-34(44)16-22-50-29-41(30-51-23-17-35(45)56-39(4,5)6,31-52-24-18-36(46)57-40(7,8)9)43-32-53-21-13-20-48-26-27-49-25-19-42-37(47)54-28-33-14-11-10-12-15-33/h10-12,14-15,43H,13,16-32H2,1-9H3,(H,42,47). The summed E-state index contributed by atoms with van der Waals surface area (Å²) in [6, 6.07) is 9.42. The lowest BCUT2D eigenvalue weighted by Crippen LogP contribution is -2.57. The van der Waals surface area contributed by atoms with E-state index < -0.39 is 46.3 Å². The smallest absolute Gasteiger partial charge is 0.407 e. The van der Waals surface area contributed by atoms with Gasteiger partial charge in [-0.05, 0) is 74.3 Å². The molecule has 1 aromatic carbocycles. The fourth-order valence-electron chi connectivity index (χ4n) is 4.59. The lowest BCUT2D eigenvalue weighted by atomic mass is 10.0. The molecule has 0 heterocycles. The molecule has 0 radical (unpaired) electrons. The largest absolute Gasteiger partial charge is 0.460 e. The van der Waals surface area contributed by atoms with E-state index in [1.54, 1.807) is 62.3 Å². The molecule has 0 saturated heterocycles. The van der Waals surface area contributed by atoms with Crippen LogP contribution in [0.25, 0.3) is 0 Å². The number of hydrogen-bond donors (Lipinski definition) is 2. The van der Waals surface area contributed by atoms with E-state index in [1.165, 1.54) is 0 Å². The third-order valence-electron chi connectivity index (χ3n) is 6.97. The maximum atomic E-state index is 12.3. The molecule has 0 aromatic heterocycles. The molecule has 0 aliphatic carbocycles. The Labute approximate surface area is 339 Å². The molecule has 0 fully saturated rings. The Morgan fingerprint density at radius 2 is 0.965 bits per heavy atom. The average molecular weight is 815 g/mol. The topological polar surface area (TPSA) is 185 Å². The van der Waals surface area contributed by atoms with E-state index in [2.05, 4.69) is 10.6 Å². The van der Waals surface area contributed by atoms with Gasteiger partial charge >= 0.3 is 24.0 Å². The van der Waals surface area contributed by atoms with Crippen molar-refractivity contribution in [3.63, 3.8) is 0 Å². The summed E-state index contributed by atoms with van der Waals surface area (Å²) in [5.41, 5.74) is -1.95. The normalized spacial score (nSPS) is 12.2. The minimum atomic E-state index is -0.989. The zero-order valence-corrected chi connectivity index (χ0v) is 35.8. The number of carbonyl (C=O) groups excluding carboxylic acids is 4. The van der Waals surface area contributed by atoms with Gasteiger partial charge in [0.05, 0.1) is 97.6 Å². The first kappa shape index (κ1) is 51.6. The van der Waals surface area contributed by atoms with Crippen molar-refractivity contribution in [1.82, 2.24) is 10.6 Å². The SMILES string of the molecule is CC(C)(C)OC(=O)CCOCC(COCCC(=O)OC(C)(C)C)(COCCC(=O)OC(C)(C)C)NCOCCCOCCOCCNC(=O)OCc1ccccc1. The summed E-state index contributed by atoms with van der Waals surface area (Å²) in [5, 5.41) is 5.96. The molecule has 0 aliphatic heterocycles. The highest BCUT2D eigenvalue weighted by Gasteiger charge is 2.32. The van der Waals surface area contributed by atoms with Crippen molar-refractivity contribution >= 4 is 24.0 Å². The molecule has 16 heteroatoms. The predicted molar refractivity (Wildman–Crippen MR) is 211 cm³/mol. The molecule has 0 unspecified atom stereocenters. The maximum Gasteiger partial charge on any atom is 0.407 e. The van der Waals surface area contributed by atoms with Gasteiger partial charge in [-0.2, -0.15) is 0 Å². The minimum Gasteiger partial charge on any atom is -0.460 e. The second-order valence-corrected chi connectivity index (χ2v) is 16.2. The van der Waals surface area contributed by atoms with Crippen molar-refractivity contribution < 1.29 is 66.5 Å². The summed E-state index contributed by atoms with van der Waals surface area (Å²) < 4.78 is 56.2. The van der Waals surface area contributed by atoms with E-state index in [1.807, 2.05) is 30.3 Å². The van der Waals surface area contributed by atoms with Crippen LogP contribution in [0.15, 0.2) is 30.3 Å². The van der Waals surface area contributed by atoms with Crippen LogP contribution in [0.4, 0.5) is 4.79 Å². The summed E-state index contributed by atoms with van der Waals surface area (Å²) >= 11 is 0. The van der Waals surface area contributed by atoms with Crippen molar-refractivity contribution in [2.45, 2.75) is 117 Å². The van der Waals surface area contributed by atoms with Crippen LogP contribution in [0.2, 0.25) is 0 Å². The third kappa shape index (κ3) is 31.3. The van der Waals surface area contributed by atoms with Gasteiger partial charge in [-0.3, -0.25) is 19.7 Å². The van der Waals surface area contributed by atoms with Crippen LogP contribution in [0.1, 0.15) is 93.6 Å². The van der Waals surface area contributed by atoms with Crippen LogP contribution >= 0.6 is 0 Å². The Hall–Kier alpha value is -3.38. The molecule has 0 aliphatic rings. The summed E-state index contributed by atoms with van der Waals surface area (Å²) in [6.07, 6.45) is 0.208. The van der Waals surface area contributed by atoms with E-state index in [9.17, 15) is 19.2 Å². The average Bonchev–Trinajstić information content (AvgIpc) is 3.09. The van der Waals surface area contributed by atoms with Gasteiger partial charge in [0, 0.05) is 13.2 Å². The molecule has 0 saturated carbocycles. The molecule has 1 amide bonds. The third-order valence-corrected chi connectivity index (χ3v) is 6.97. The molecule has 0 spiro atoms. The van der Waals surface area contributed by atoms with E-state index in [4.69, 9.17) is 47.4 Å². The van der Waals surface area contributed by atoms with E-state index in [0.717, 1.165) is 5.56 Å². The van der Waals surface area contributed by atoms with Crippen LogP contribution < -0.4 is 10.6 Å². The Morgan fingerprint density at radius 1 is 0.526 bits per heavy atom. The fraction of sp³-hybridized carbons (Fsp3) is 0.756. The first-order chi connectivity index (χ1) is 26.8. The Bertz CT molecular complexity index is 1170. The van der Waals surface area contributed by atoms with Gasteiger partial charge in [-0.25, -0.2) is 4.79 Å². The quantitative estimate of drug-likeness (QED) is 0.0463. The second kappa shape index (κ2) is 28.1. The van der Waals surface area contributed by atoms with Crippen molar-refractivity contribution in [2.75, 3.05) is 86.0 Å². The number of alkyl carbamates (subject to hydrolysis) is 1. The molecule has 57 heavy (non-hydrogen) atoms. The van der Waals surface area contributed by atoms with Crippen LogP contribution in [-0.4, -0.2) is 132 Å². The first-order valence-corrected chi connectivity index (χ1v) is 19.6. The summed E-state index contributed by atoms with van der Waals surface area (Å²) in [6.45, 7) is 19.0. The molecule has 1 rings (SSSR count). The molecule has 328 valence electrons. The Morgan fingerprint density at radius 3 is 1.42 bits per heavy atom. The van der Waals surface area contributed by atoms with E-state index in [0.29, 0.717) is 46.0 Å². The number of ether oxygens (including phenoxy) is 10. The zero-order valence-electron chi connectivity index (χ0n) is 35.8. The molecular formula is C41H70N2O14. The van der Waals surface area contributed by atoms with E-state index >= 15 is 0 Å². The molecule has 0 bridgehead atoms. The van der Waals surface area contributed by atoms with Gasteiger partial charge in [-0.15, -0.1) is 0 Å². The molecule has 16 nitrogen and oxygen atoms in total. The van der Waals surface area contributed by atoms with Gasteiger partial charge in [0.15, 0.2) is 0 Å². The van der Waals surface area contributed by atoms with Crippen molar-refractivity contribution in [3.05, 3.63) is 35.9 Å². The number of carbonyl (C=O) groups is 4.